The van der Waals surface area contributed by atoms with E-state index in [1.807, 2.05) is 11.8 Å². The van der Waals surface area contributed by atoms with Crippen LogP contribution in [0.4, 0.5) is 0 Å². The van der Waals surface area contributed by atoms with Crippen molar-refractivity contribution in [3.05, 3.63) is 0 Å². The molecule has 1 aliphatic rings. The number of hydrogen-bond donors (Lipinski definition) is 2. The van der Waals surface area contributed by atoms with E-state index in [9.17, 15) is 9.59 Å². The minimum absolute atomic E-state index is 0.0317. The summed E-state index contributed by atoms with van der Waals surface area (Å²) in [6, 6.07) is 0. The lowest BCUT2D eigenvalue weighted by Gasteiger charge is -2.32. The molecule has 1 fully saturated rings. The van der Waals surface area contributed by atoms with E-state index in [1.165, 1.54) is 0 Å². The fraction of sp³-hybridized carbons (Fsp3) is 0.867. The molecule has 0 aromatic rings. The molecule has 0 radical (unpaired) electrons. The zero-order valence-electron chi connectivity index (χ0n) is 12.9. The second kappa shape index (κ2) is 9.75. The summed E-state index contributed by atoms with van der Waals surface area (Å²) in [6.45, 7) is 7.99. The van der Waals surface area contributed by atoms with Crippen molar-refractivity contribution in [3.63, 3.8) is 0 Å². The number of amides is 2. The molecule has 5 nitrogen and oxygen atoms in total. The highest BCUT2D eigenvalue weighted by Crippen LogP contribution is 2.17. The van der Waals surface area contributed by atoms with Crippen molar-refractivity contribution in [2.45, 2.75) is 46.0 Å². The van der Waals surface area contributed by atoms with E-state index in [1.54, 1.807) is 0 Å². The first-order chi connectivity index (χ1) is 9.69. The Balaban J connectivity index is 2.27. The van der Waals surface area contributed by atoms with Crippen molar-refractivity contribution in [2.75, 3.05) is 32.7 Å². The minimum atomic E-state index is -0.0317. The average molecular weight is 283 g/mol. The van der Waals surface area contributed by atoms with E-state index in [-0.39, 0.29) is 17.7 Å². The molecule has 0 aromatic heterocycles. The zero-order valence-corrected chi connectivity index (χ0v) is 12.9. The molecule has 1 rings (SSSR count). The fourth-order valence-corrected chi connectivity index (χ4v) is 2.51. The molecule has 116 valence electrons. The molecule has 5 heteroatoms. The summed E-state index contributed by atoms with van der Waals surface area (Å²) in [5, 5.41) is 6.22. The topological polar surface area (TPSA) is 61.4 Å². The van der Waals surface area contributed by atoms with Crippen molar-refractivity contribution >= 4 is 11.8 Å². The number of nitrogens with one attached hydrogen (secondary N) is 2. The lowest BCUT2D eigenvalue weighted by molar-refractivity contribution is -0.135. The molecule has 0 aliphatic carbocycles. The number of rotatable bonds is 8. The zero-order chi connectivity index (χ0) is 14.8. The Morgan fingerprint density at radius 2 is 1.95 bits per heavy atom. The van der Waals surface area contributed by atoms with Crippen LogP contribution >= 0.6 is 0 Å². The van der Waals surface area contributed by atoms with Gasteiger partial charge in [0.1, 0.15) is 0 Å². The van der Waals surface area contributed by atoms with Crippen molar-refractivity contribution in [3.8, 4) is 0 Å². The van der Waals surface area contributed by atoms with E-state index in [0.29, 0.717) is 19.5 Å². The van der Waals surface area contributed by atoms with Gasteiger partial charge >= 0.3 is 0 Å². The first kappa shape index (κ1) is 17.0. The van der Waals surface area contributed by atoms with E-state index < -0.39 is 0 Å². The third-order valence-electron chi connectivity index (χ3n) is 3.64. The lowest BCUT2D eigenvalue weighted by Crippen LogP contribution is -2.46. The normalized spacial score (nSPS) is 18.9. The summed E-state index contributed by atoms with van der Waals surface area (Å²) >= 11 is 0. The van der Waals surface area contributed by atoms with Gasteiger partial charge in [-0.1, -0.05) is 13.8 Å². The Kier molecular flexibility index (Phi) is 8.26. The molecule has 2 N–H and O–H groups in total. The van der Waals surface area contributed by atoms with Gasteiger partial charge in [-0.2, -0.15) is 0 Å². The van der Waals surface area contributed by atoms with Crippen LogP contribution in [-0.4, -0.2) is 49.4 Å². The molecule has 2 amide bonds. The number of likely N-dealkylation sites (tertiary alicyclic amines) is 1. The number of hydrogen-bond acceptors (Lipinski definition) is 3. The Morgan fingerprint density at radius 1 is 1.15 bits per heavy atom. The standard InChI is InChI=1S/C15H29N3O2/c1-3-6-14(19)18-11-5-7-13(12-18)15(20)17-10-9-16-8-4-2/h13,16H,3-12H2,1-2H3,(H,17,20). The van der Waals surface area contributed by atoms with E-state index in [4.69, 9.17) is 0 Å². The van der Waals surface area contributed by atoms with Gasteiger partial charge < -0.3 is 15.5 Å². The van der Waals surface area contributed by atoms with Gasteiger partial charge in [0.2, 0.25) is 11.8 Å². The van der Waals surface area contributed by atoms with Crippen LogP contribution < -0.4 is 10.6 Å². The van der Waals surface area contributed by atoms with Gasteiger partial charge in [0.25, 0.3) is 0 Å². The van der Waals surface area contributed by atoms with Crippen molar-refractivity contribution < 1.29 is 9.59 Å². The van der Waals surface area contributed by atoms with Gasteiger partial charge in [-0.15, -0.1) is 0 Å². The second-order valence-corrected chi connectivity index (χ2v) is 5.47. The maximum atomic E-state index is 12.1. The summed E-state index contributed by atoms with van der Waals surface area (Å²) in [6.07, 6.45) is 4.39. The largest absolute Gasteiger partial charge is 0.355 e. The SMILES string of the molecule is CCCNCCNC(=O)C1CCCN(C(=O)CCC)C1. The molecule has 0 spiro atoms. The molecule has 20 heavy (non-hydrogen) atoms. The van der Waals surface area contributed by atoms with Gasteiger partial charge in [0.05, 0.1) is 5.92 Å². The van der Waals surface area contributed by atoms with Gasteiger partial charge in [0, 0.05) is 32.6 Å². The van der Waals surface area contributed by atoms with Gasteiger partial charge in [-0.05, 0) is 32.2 Å². The highest BCUT2D eigenvalue weighted by atomic mass is 16.2. The molecule has 0 bridgehead atoms. The Morgan fingerprint density at radius 3 is 2.65 bits per heavy atom. The fourth-order valence-electron chi connectivity index (χ4n) is 2.51. The lowest BCUT2D eigenvalue weighted by atomic mass is 9.97. The first-order valence-electron chi connectivity index (χ1n) is 7.95. The molecule has 1 atom stereocenters. The molecule has 0 aromatic carbocycles. The molecule has 1 saturated heterocycles. The van der Waals surface area contributed by atoms with E-state index in [0.717, 1.165) is 45.3 Å². The highest BCUT2D eigenvalue weighted by molar-refractivity contribution is 5.81. The quantitative estimate of drug-likeness (QED) is 0.657. The summed E-state index contributed by atoms with van der Waals surface area (Å²) < 4.78 is 0. The van der Waals surface area contributed by atoms with E-state index >= 15 is 0 Å². The number of nitrogens with zero attached hydrogens (tertiary/aromatic N) is 1. The van der Waals surface area contributed by atoms with Crippen LogP contribution in [0.3, 0.4) is 0 Å². The number of carbonyl (C=O) groups excluding carboxylic acids is 2. The number of piperidine rings is 1. The molecular formula is C15H29N3O2. The predicted molar refractivity (Wildman–Crippen MR) is 80.4 cm³/mol. The molecular weight excluding hydrogens is 254 g/mol. The van der Waals surface area contributed by atoms with Crippen LogP contribution in [0.5, 0.6) is 0 Å². The third-order valence-corrected chi connectivity index (χ3v) is 3.64. The Labute approximate surface area is 122 Å². The van der Waals surface area contributed by atoms with Gasteiger partial charge in [-0.3, -0.25) is 9.59 Å². The molecule has 0 saturated carbocycles. The maximum Gasteiger partial charge on any atom is 0.224 e. The van der Waals surface area contributed by atoms with Crippen LogP contribution in [-0.2, 0) is 9.59 Å². The molecule has 1 aliphatic heterocycles. The van der Waals surface area contributed by atoms with Gasteiger partial charge in [-0.25, -0.2) is 0 Å². The monoisotopic (exact) mass is 283 g/mol. The summed E-state index contributed by atoms with van der Waals surface area (Å²) in [5.74, 6) is 0.252. The Hall–Kier alpha value is -1.10. The first-order valence-corrected chi connectivity index (χ1v) is 7.95. The maximum absolute atomic E-state index is 12.1. The third kappa shape index (κ3) is 5.90. The smallest absolute Gasteiger partial charge is 0.224 e. The van der Waals surface area contributed by atoms with E-state index in [2.05, 4.69) is 17.6 Å². The van der Waals surface area contributed by atoms with Crippen molar-refractivity contribution in [1.29, 1.82) is 0 Å². The van der Waals surface area contributed by atoms with Crippen LogP contribution in [0.15, 0.2) is 0 Å². The van der Waals surface area contributed by atoms with Crippen molar-refractivity contribution in [2.24, 2.45) is 5.92 Å². The van der Waals surface area contributed by atoms with Crippen LogP contribution in [0, 0.1) is 5.92 Å². The summed E-state index contributed by atoms with van der Waals surface area (Å²) in [7, 11) is 0. The second-order valence-electron chi connectivity index (χ2n) is 5.47. The highest BCUT2D eigenvalue weighted by Gasteiger charge is 2.27. The van der Waals surface area contributed by atoms with Gasteiger partial charge in [0.15, 0.2) is 0 Å². The average Bonchev–Trinajstić information content (AvgIpc) is 2.47. The minimum Gasteiger partial charge on any atom is -0.355 e. The number of carbonyl (C=O) groups is 2. The molecule has 1 unspecified atom stereocenters. The van der Waals surface area contributed by atoms with Crippen LogP contribution in [0.1, 0.15) is 46.0 Å². The van der Waals surface area contributed by atoms with Crippen molar-refractivity contribution in [1.82, 2.24) is 15.5 Å². The molecule has 1 heterocycles. The van der Waals surface area contributed by atoms with Crippen LogP contribution in [0.25, 0.3) is 0 Å². The summed E-state index contributed by atoms with van der Waals surface area (Å²) in [5.41, 5.74) is 0. The predicted octanol–water partition coefficient (Wildman–Crippen LogP) is 1.14. The summed E-state index contributed by atoms with van der Waals surface area (Å²) in [4.78, 5) is 25.8. The van der Waals surface area contributed by atoms with Crippen LogP contribution in [0.2, 0.25) is 0 Å². The Bertz CT molecular complexity index is 307.